The summed E-state index contributed by atoms with van der Waals surface area (Å²) < 4.78 is 11.5. The smallest absolute Gasteiger partial charge is 0.230 e. The highest BCUT2D eigenvalue weighted by molar-refractivity contribution is 5.59. The van der Waals surface area contributed by atoms with Gasteiger partial charge in [0.15, 0.2) is 0 Å². The van der Waals surface area contributed by atoms with Gasteiger partial charge in [0, 0.05) is 43.3 Å². The Morgan fingerprint density at radius 3 is 2.57 bits per heavy atom. The van der Waals surface area contributed by atoms with Crippen LogP contribution in [0.25, 0.3) is 0 Å². The van der Waals surface area contributed by atoms with E-state index in [1.165, 1.54) is 5.69 Å². The van der Waals surface area contributed by atoms with Gasteiger partial charge in [-0.05, 0) is 57.4 Å². The molecule has 1 aromatic heterocycles. The average Bonchev–Trinajstić information content (AvgIpc) is 2.68. The second-order valence-corrected chi connectivity index (χ2v) is 7.19. The summed E-state index contributed by atoms with van der Waals surface area (Å²) in [6, 6.07) is 10.0. The highest BCUT2D eigenvalue weighted by atomic mass is 16.5. The van der Waals surface area contributed by atoms with Gasteiger partial charge in [-0.1, -0.05) is 0 Å². The van der Waals surface area contributed by atoms with E-state index in [1.54, 1.807) is 12.3 Å². The Kier molecular flexibility index (Phi) is 7.45. The summed E-state index contributed by atoms with van der Waals surface area (Å²) in [5, 5.41) is 12.0. The number of hydrogen-bond donors (Lipinski definition) is 2. The molecule has 0 amide bonds. The maximum atomic E-state index is 8.80. The first kappa shape index (κ1) is 20.4. The molecule has 3 rings (SSSR count). The summed E-state index contributed by atoms with van der Waals surface area (Å²) in [4.78, 5) is 11.0. The molecule has 2 heterocycles. The molecule has 152 valence electrons. The van der Waals surface area contributed by atoms with Crippen LogP contribution in [0.3, 0.4) is 0 Å². The van der Waals surface area contributed by atoms with E-state index in [0.717, 1.165) is 38.0 Å². The second-order valence-electron chi connectivity index (χ2n) is 7.19. The van der Waals surface area contributed by atoms with Gasteiger partial charge in [-0.25, -0.2) is 4.98 Å². The molecule has 0 spiro atoms. The zero-order chi connectivity index (χ0) is 19.8. The van der Waals surface area contributed by atoms with Crippen LogP contribution in [0.5, 0.6) is 5.88 Å². The number of benzene rings is 1. The normalized spacial score (nSPS) is 19.5. The first-order valence-corrected chi connectivity index (χ1v) is 9.98. The van der Waals surface area contributed by atoms with Crippen LogP contribution in [0.4, 0.5) is 17.3 Å². The van der Waals surface area contributed by atoms with E-state index in [4.69, 9.17) is 14.6 Å². The van der Waals surface area contributed by atoms with Gasteiger partial charge in [0.05, 0.1) is 18.8 Å². The lowest BCUT2D eigenvalue weighted by molar-refractivity contribution is -0.00521. The molecule has 1 aliphatic rings. The zero-order valence-corrected chi connectivity index (χ0v) is 16.7. The molecule has 7 heteroatoms. The average molecular weight is 386 g/mol. The number of anilines is 3. The standard InChI is InChI=1S/C21H30N4O3/c1-16-14-25(15-17(2)28-16)19-8-6-18(7-9-19)23-21-22-11-10-20(24-21)27-13-5-3-4-12-26/h6-11,16-17,26H,3-5,12-15H2,1-2H3,(H,22,23,24)/t16-,17+. The molecule has 2 N–H and O–H groups in total. The highest BCUT2D eigenvalue weighted by Gasteiger charge is 2.22. The molecular formula is C21H30N4O3. The number of aliphatic hydroxyl groups excluding tert-OH is 1. The van der Waals surface area contributed by atoms with Crippen molar-refractivity contribution >= 4 is 17.3 Å². The Morgan fingerprint density at radius 1 is 1.11 bits per heavy atom. The largest absolute Gasteiger partial charge is 0.478 e. The monoisotopic (exact) mass is 386 g/mol. The fraction of sp³-hybridized carbons (Fsp3) is 0.524. The molecule has 7 nitrogen and oxygen atoms in total. The number of nitrogens with zero attached hydrogens (tertiary/aromatic N) is 3. The third kappa shape index (κ3) is 6.07. The predicted octanol–water partition coefficient (Wildman–Crippen LogP) is 3.38. The summed E-state index contributed by atoms with van der Waals surface area (Å²) in [5.74, 6) is 1.06. The second kappa shape index (κ2) is 10.2. The van der Waals surface area contributed by atoms with Crippen molar-refractivity contribution in [3.05, 3.63) is 36.5 Å². The van der Waals surface area contributed by atoms with Gasteiger partial charge in [-0.2, -0.15) is 4.98 Å². The van der Waals surface area contributed by atoms with Crippen LogP contribution in [0.1, 0.15) is 33.1 Å². The number of nitrogens with one attached hydrogen (secondary N) is 1. The molecule has 28 heavy (non-hydrogen) atoms. The lowest BCUT2D eigenvalue weighted by atomic mass is 10.2. The van der Waals surface area contributed by atoms with Gasteiger partial charge >= 0.3 is 0 Å². The third-order valence-corrected chi connectivity index (χ3v) is 4.59. The predicted molar refractivity (Wildman–Crippen MR) is 110 cm³/mol. The lowest BCUT2D eigenvalue weighted by Gasteiger charge is -2.36. The Labute approximate surface area is 166 Å². The van der Waals surface area contributed by atoms with Gasteiger partial charge in [0.2, 0.25) is 11.8 Å². The molecule has 2 atom stereocenters. The maximum absolute atomic E-state index is 8.80. The summed E-state index contributed by atoms with van der Waals surface area (Å²) in [5.41, 5.74) is 2.12. The highest BCUT2D eigenvalue weighted by Crippen LogP contribution is 2.23. The van der Waals surface area contributed by atoms with Crippen LogP contribution in [0.2, 0.25) is 0 Å². The van der Waals surface area contributed by atoms with Crippen LogP contribution in [0.15, 0.2) is 36.5 Å². The Hall–Kier alpha value is -2.38. The Bertz CT molecular complexity index is 716. The first-order chi connectivity index (χ1) is 13.6. The van der Waals surface area contributed by atoms with Crippen LogP contribution in [-0.4, -0.2) is 53.6 Å². The van der Waals surface area contributed by atoms with Gasteiger partial charge in [0.1, 0.15) is 0 Å². The Balaban J connectivity index is 1.54. The fourth-order valence-electron chi connectivity index (χ4n) is 3.32. The molecule has 0 saturated carbocycles. The van der Waals surface area contributed by atoms with Gasteiger partial charge in [0.25, 0.3) is 0 Å². The quantitative estimate of drug-likeness (QED) is 0.640. The summed E-state index contributed by atoms with van der Waals surface area (Å²) >= 11 is 0. The number of hydrogen-bond acceptors (Lipinski definition) is 7. The van der Waals surface area contributed by atoms with E-state index < -0.39 is 0 Å². The molecule has 1 fully saturated rings. The third-order valence-electron chi connectivity index (χ3n) is 4.59. The number of aliphatic hydroxyl groups is 1. The fourth-order valence-corrected chi connectivity index (χ4v) is 3.32. The van der Waals surface area contributed by atoms with Gasteiger partial charge in [-0.3, -0.25) is 0 Å². The maximum Gasteiger partial charge on any atom is 0.230 e. The summed E-state index contributed by atoms with van der Waals surface area (Å²) in [6.07, 6.45) is 4.80. The van der Waals surface area contributed by atoms with E-state index in [-0.39, 0.29) is 18.8 Å². The number of aromatic nitrogens is 2. The zero-order valence-electron chi connectivity index (χ0n) is 16.7. The molecule has 0 unspecified atom stereocenters. The van der Waals surface area contributed by atoms with Crippen molar-refractivity contribution in [1.82, 2.24) is 9.97 Å². The van der Waals surface area contributed by atoms with Crippen molar-refractivity contribution in [1.29, 1.82) is 0 Å². The molecule has 0 radical (unpaired) electrons. The van der Waals surface area contributed by atoms with Gasteiger partial charge in [-0.15, -0.1) is 0 Å². The van der Waals surface area contributed by atoms with E-state index >= 15 is 0 Å². The lowest BCUT2D eigenvalue weighted by Crippen LogP contribution is -2.45. The number of unbranched alkanes of at least 4 members (excludes halogenated alkanes) is 2. The van der Waals surface area contributed by atoms with Crippen molar-refractivity contribution in [2.75, 3.05) is 36.5 Å². The van der Waals surface area contributed by atoms with Crippen molar-refractivity contribution in [2.24, 2.45) is 0 Å². The van der Waals surface area contributed by atoms with Crippen molar-refractivity contribution in [3.63, 3.8) is 0 Å². The van der Waals surface area contributed by atoms with E-state index in [2.05, 4.69) is 46.2 Å². The molecule has 2 aromatic rings. The first-order valence-electron chi connectivity index (χ1n) is 9.98. The number of rotatable bonds is 9. The van der Waals surface area contributed by atoms with Crippen LogP contribution >= 0.6 is 0 Å². The van der Waals surface area contributed by atoms with Crippen molar-refractivity contribution < 1.29 is 14.6 Å². The van der Waals surface area contributed by atoms with E-state index in [1.807, 2.05) is 12.1 Å². The Morgan fingerprint density at radius 2 is 1.86 bits per heavy atom. The SMILES string of the molecule is C[C@@H]1CN(c2ccc(Nc3nccc(OCCCCCO)n3)cc2)C[C@H](C)O1. The van der Waals surface area contributed by atoms with Crippen LogP contribution < -0.4 is 15.0 Å². The molecule has 0 aliphatic carbocycles. The minimum absolute atomic E-state index is 0.226. The van der Waals surface area contributed by atoms with Crippen LogP contribution in [-0.2, 0) is 4.74 Å². The van der Waals surface area contributed by atoms with Crippen LogP contribution in [0, 0.1) is 0 Å². The molecule has 1 saturated heterocycles. The summed E-state index contributed by atoms with van der Waals surface area (Å²) in [6.45, 7) is 6.83. The summed E-state index contributed by atoms with van der Waals surface area (Å²) in [7, 11) is 0. The number of morpholine rings is 1. The minimum atomic E-state index is 0.226. The topological polar surface area (TPSA) is 79.7 Å². The van der Waals surface area contributed by atoms with Crippen molar-refractivity contribution in [3.8, 4) is 5.88 Å². The molecule has 1 aliphatic heterocycles. The molecular weight excluding hydrogens is 356 g/mol. The minimum Gasteiger partial charge on any atom is -0.478 e. The number of ether oxygens (including phenoxy) is 2. The van der Waals surface area contributed by atoms with E-state index in [0.29, 0.717) is 18.4 Å². The van der Waals surface area contributed by atoms with E-state index in [9.17, 15) is 0 Å². The molecule has 0 bridgehead atoms. The van der Waals surface area contributed by atoms with Crippen molar-refractivity contribution in [2.45, 2.75) is 45.3 Å². The molecule has 1 aromatic carbocycles. The van der Waals surface area contributed by atoms with Gasteiger partial charge < -0.3 is 24.8 Å².